The molecule has 0 aromatic rings. The Morgan fingerprint density at radius 1 is 0.727 bits per heavy atom. The van der Waals surface area contributed by atoms with Crippen molar-refractivity contribution in [1.29, 1.82) is 0 Å². The van der Waals surface area contributed by atoms with Gasteiger partial charge in [-0.3, -0.25) is 9.80 Å². The molecule has 3 nitrogen and oxygen atoms in total. The molecule has 0 aromatic heterocycles. The molecule has 6 rings (SSSR count). The summed E-state index contributed by atoms with van der Waals surface area (Å²) in [5.74, 6) is 1.94. The molecule has 0 bridgehead atoms. The van der Waals surface area contributed by atoms with Crippen LogP contribution in [-0.2, 0) is 0 Å². The molecular weight excluding hydrogens is 402 g/mol. The summed E-state index contributed by atoms with van der Waals surface area (Å²) in [6.07, 6.45) is 19.4. The van der Waals surface area contributed by atoms with E-state index in [1.165, 1.54) is 116 Å². The highest BCUT2D eigenvalue weighted by molar-refractivity contribution is 5.08. The van der Waals surface area contributed by atoms with E-state index in [0.29, 0.717) is 11.0 Å². The van der Waals surface area contributed by atoms with E-state index in [-0.39, 0.29) is 0 Å². The first-order valence-electron chi connectivity index (χ1n) is 15.1. The summed E-state index contributed by atoms with van der Waals surface area (Å²) >= 11 is 0. The first kappa shape index (κ1) is 23.3. The molecule has 3 spiro atoms. The number of nitrogens with zero attached hydrogens (tertiary/aromatic N) is 3. The Labute approximate surface area is 205 Å². The van der Waals surface area contributed by atoms with Crippen LogP contribution in [0.5, 0.6) is 0 Å². The summed E-state index contributed by atoms with van der Waals surface area (Å²) in [6, 6.07) is 2.33. The van der Waals surface area contributed by atoms with E-state index >= 15 is 0 Å². The fourth-order valence-electron chi connectivity index (χ4n) is 9.72. The van der Waals surface area contributed by atoms with Crippen LogP contribution < -0.4 is 0 Å². The fourth-order valence-corrected chi connectivity index (χ4v) is 9.72. The van der Waals surface area contributed by atoms with Crippen LogP contribution in [0, 0.1) is 22.7 Å². The van der Waals surface area contributed by atoms with Gasteiger partial charge in [0.1, 0.15) is 0 Å². The van der Waals surface area contributed by atoms with E-state index in [0.717, 1.165) is 35.4 Å². The second kappa shape index (κ2) is 8.48. The zero-order valence-electron chi connectivity index (χ0n) is 22.5. The Balaban J connectivity index is 1.03. The average Bonchev–Trinajstić information content (AvgIpc) is 3.16. The van der Waals surface area contributed by atoms with E-state index < -0.39 is 0 Å². The summed E-state index contributed by atoms with van der Waals surface area (Å²) in [7, 11) is 0. The zero-order valence-corrected chi connectivity index (χ0v) is 22.5. The topological polar surface area (TPSA) is 9.72 Å². The van der Waals surface area contributed by atoms with Gasteiger partial charge in [0, 0.05) is 43.3 Å². The summed E-state index contributed by atoms with van der Waals surface area (Å²) < 4.78 is 0. The van der Waals surface area contributed by atoms with Crippen molar-refractivity contribution in [3.05, 3.63) is 0 Å². The molecule has 3 heterocycles. The molecule has 6 aliphatic rings. The Bertz CT molecular complexity index is 701. The molecule has 3 aliphatic carbocycles. The number of likely N-dealkylation sites (tertiary alicyclic amines) is 3. The third kappa shape index (κ3) is 4.14. The molecule has 0 aromatic carbocycles. The maximum atomic E-state index is 2.97. The third-order valence-electron chi connectivity index (χ3n) is 12.0. The largest absolute Gasteiger partial charge is 0.300 e. The third-order valence-corrected chi connectivity index (χ3v) is 12.0. The second-order valence-electron chi connectivity index (χ2n) is 14.5. The molecule has 6 fully saturated rings. The van der Waals surface area contributed by atoms with Crippen molar-refractivity contribution >= 4 is 0 Å². The molecule has 188 valence electrons. The minimum Gasteiger partial charge on any atom is -0.300 e. The molecule has 3 heteroatoms. The highest BCUT2D eigenvalue weighted by atomic mass is 15.3. The van der Waals surface area contributed by atoms with Crippen molar-refractivity contribution in [1.82, 2.24) is 14.7 Å². The number of hydrogen-bond acceptors (Lipinski definition) is 3. The lowest BCUT2D eigenvalue weighted by molar-refractivity contribution is -0.0234. The van der Waals surface area contributed by atoms with Gasteiger partial charge in [-0.1, -0.05) is 6.42 Å². The lowest BCUT2D eigenvalue weighted by Gasteiger charge is -2.53. The molecule has 3 saturated heterocycles. The van der Waals surface area contributed by atoms with Crippen LogP contribution in [0.15, 0.2) is 0 Å². The van der Waals surface area contributed by atoms with Gasteiger partial charge in [-0.2, -0.15) is 0 Å². The number of rotatable bonds is 7. The lowest BCUT2D eigenvalue weighted by atomic mass is 9.61. The highest BCUT2D eigenvalue weighted by Gasteiger charge is 2.54. The molecule has 0 N–H and O–H groups in total. The zero-order chi connectivity index (χ0) is 22.8. The summed E-state index contributed by atoms with van der Waals surface area (Å²) in [6.45, 7) is 17.0. The van der Waals surface area contributed by atoms with Crippen LogP contribution in [0.1, 0.15) is 111 Å². The molecule has 3 saturated carbocycles. The monoisotopic (exact) mass is 455 g/mol. The lowest BCUT2D eigenvalue weighted by Crippen LogP contribution is -2.56. The number of piperidine rings is 1. The van der Waals surface area contributed by atoms with E-state index in [2.05, 4.69) is 42.4 Å². The van der Waals surface area contributed by atoms with Crippen molar-refractivity contribution in [2.75, 3.05) is 32.7 Å². The van der Waals surface area contributed by atoms with Crippen molar-refractivity contribution in [3.8, 4) is 0 Å². The second-order valence-corrected chi connectivity index (χ2v) is 14.5. The minimum atomic E-state index is 0.601. The molecule has 3 aliphatic heterocycles. The van der Waals surface area contributed by atoms with Crippen LogP contribution >= 0.6 is 0 Å². The minimum absolute atomic E-state index is 0.601. The van der Waals surface area contributed by atoms with Crippen LogP contribution in [0.4, 0.5) is 0 Å². The van der Waals surface area contributed by atoms with Crippen molar-refractivity contribution < 1.29 is 0 Å². The van der Waals surface area contributed by atoms with Crippen molar-refractivity contribution in [2.24, 2.45) is 22.7 Å². The molecule has 3 unspecified atom stereocenters. The summed E-state index contributed by atoms with van der Waals surface area (Å²) in [5, 5.41) is 0. The van der Waals surface area contributed by atoms with Crippen LogP contribution in [0.3, 0.4) is 0 Å². The van der Waals surface area contributed by atoms with E-state index in [1.54, 1.807) is 0 Å². The molecular formula is C30H53N3. The van der Waals surface area contributed by atoms with Gasteiger partial charge in [0.15, 0.2) is 0 Å². The van der Waals surface area contributed by atoms with Gasteiger partial charge in [-0.25, -0.2) is 0 Å². The SMILES string of the molecule is CC(CC1CN(C(C)CC2CC3(CCCN3C(C)C)C2)CC12CCC2)N1CCCC2(CC2)C1. The predicted octanol–water partition coefficient (Wildman–Crippen LogP) is 6.17. The Hall–Kier alpha value is -0.120. The first-order valence-corrected chi connectivity index (χ1v) is 15.1. The molecule has 3 atom stereocenters. The normalized spacial score (nSPS) is 39.9. The van der Waals surface area contributed by atoms with E-state index in [1.807, 2.05) is 0 Å². The van der Waals surface area contributed by atoms with Gasteiger partial charge in [-0.05, 0) is 141 Å². The van der Waals surface area contributed by atoms with Crippen molar-refractivity contribution in [2.45, 2.75) is 135 Å². The van der Waals surface area contributed by atoms with Gasteiger partial charge in [-0.15, -0.1) is 0 Å². The fraction of sp³-hybridized carbons (Fsp3) is 1.00. The van der Waals surface area contributed by atoms with E-state index in [4.69, 9.17) is 0 Å². The van der Waals surface area contributed by atoms with Gasteiger partial charge in [0.05, 0.1) is 0 Å². The molecule has 33 heavy (non-hydrogen) atoms. The van der Waals surface area contributed by atoms with E-state index in [9.17, 15) is 0 Å². The van der Waals surface area contributed by atoms with Gasteiger partial charge >= 0.3 is 0 Å². The van der Waals surface area contributed by atoms with Crippen LogP contribution in [0.25, 0.3) is 0 Å². The Morgan fingerprint density at radius 2 is 1.45 bits per heavy atom. The summed E-state index contributed by atoms with van der Waals surface area (Å²) in [4.78, 5) is 8.73. The summed E-state index contributed by atoms with van der Waals surface area (Å²) in [5.41, 5.74) is 2.06. The van der Waals surface area contributed by atoms with Gasteiger partial charge in [0.2, 0.25) is 0 Å². The molecule has 0 radical (unpaired) electrons. The smallest absolute Gasteiger partial charge is 0.0218 e. The maximum Gasteiger partial charge on any atom is 0.0218 e. The molecule has 0 amide bonds. The standard InChI is InChI=1S/C30H53N3/c1-23(2)33-15-7-11-30(33)18-26(19-30)16-24(3)32-20-27(29(22-32)9-5-10-29)17-25(4)31-14-6-8-28(21-31)12-13-28/h23-27H,5-22H2,1-4H3. The quantitative estimate of drug-likeness (QED) is 0.454. The van der Waals surface area contributed by atoms with Crippen LogP contribution in [-0.4, -0.2) is 71.1 Å². The average molecular weight is 456 g/mol. The van der Waals surface area contributed by atoms with Crippen LogP contribution in [0.2, 0.25) is 0 Å². The van der Waals surface area contributed by atoms with Crippen molar-refractivity contribution in [3.63, 3.8) is 0 Å². The highest BCUT2D eigenvalue weighted by Crippen LogP contribution is 2.56. The van der Waals surface area contributed by atoms with Gasteiger partial charge < -0.3 is 4.90 Å². The Kier molecular flexibility index (Phi) is 5.98. The maximum absolute atomic E-state index is 2.97. The predicted molar refractivity (Wildman–Crippen MR) is 139 cm³/mol. The Morgan fingerprint density at radius 3 is 2.12 bits per heavy atom. The first-order chi connectivity index (χ1) is 15.8. The van der Waals surface area contributed by atoms with Gasteiger partial charge in [0.25, 0.3) is 0 Å². The number of hydrogen-bond donors (Lipinski definition) is 0.